The molecular formula is C37H45N5O2. The predicted molar refractivity (Wildman–Crippen MR) is 179 cm³/mol. The van der Waals surface area contributed by atoms with Crippen LogP contribution in [-0.4, -0.2) is 39.7 Å². The minimum Gasteiger partial charge on any atom is -0.342 e. The van der Waals surface area contributed by atoms with Gasteiger partial charge in [0.1, 0.15) is 5.82 Å². The number of likely N-dealkylation sites (tertiary alicyclic amines) is 1. The molecule has 44 heavy (non-hydrogen) atoms. The van der Waals surface area contributed by atoms with E-state index in [1.807, 2.05) is 54.3 Å². The Bertz CT molecular complexity index is 1600. The van der Waals surface area contributed by atoms with Crippen LogP contribution >= 0.6 is 0 Å². The number of rotatable bonds is 7. The minimum absolute atomic E-state index is 0.166. The summed E-state index contributed by atoms with van der Waals surface area (Å²) in [6.45, 7) is 14.1. The van der Waals surface area contributed by atoms with Crippen molar-refractivity contribution in [2.75, 3.05) is 23.7 Å². The number of hydrogen-bond donors (Lipinski definition) is 2. The number of nitrogens with zero attached hydrogens (tertiary/aromatic N) is 3. The largest absolute Gasteiger partial charge is 0.342 e. The highest BCUT2D eigenvalue weighted by Gasteiger charge is 2.24. The Labute approximate surface area is 261 Å². The number of aryl methyl sites for hydroxylation is 3. The molecule has 0 saturated carbocycles. The van der Waals surface area contributed by atoms with Gasteiger partial charge in [0.05, 0.1) is 17.8 Å². The summed E-state index contributed by atoms with van der Waals surface area (Å²) < 4.78 is 1.79. The summed E-state index contributed by atoms with van der Waals surface area (Å²) in [5.74, 6) is 1.33. The molecule has 230 valence electrons. The van der Waals surface area contributed by atoms with Gasteiger partial charge in [-0.05, 0) is 81.3 Å². The van der Waals surface area contributed by atoms with Gasteiger partial charge in [0.25, 0.3) is 0 Å². The second kappa shape index (κ2) is 13.1. The molecule has 0 spiro atoms. The van der Waals surface area contributed by atoms with E-state index in [0.29, 0.717) is 18.2 Å². The maximum atomic E-state index is 13.1. The van der Waals surface area contributed by atoms with Gasteiger partial charge in [0.2, 0.25) is 5.91 Å². The Morgan fingerprint density at radius 2 is 1.50 bits per heavy atom. The third-order valence-electron chi connectivity index (χ3n) is 8.31. The number of urea groups is 1. The fourth-order valence-corrected chi connectivity index (χ4v) is 5.95. The lowest BCUT2D eigenvalue weighted by molar-refractivity contribution is -0.131. The summed E-state index contributed by atoms with van der Waals surface area (Å²) in [7, 11) is 0. The molecule has 1 aliphatic heterocycles. The van der Waals surface area contributed by atoms with Gasteiger partial charge >= 0.3 is 6.03 Å². The normalized spacial score (nSPS) is 14.0. The molecule has 5 rings (SSSR count). The summed E-state index contributed by atoms with van der Waals surface area (Å²) in [6, 6.07) is 24.1. The standard InChI is InChI=1S/C37H45N5O2/c1-25-10-12-32(13-11-25)42-34(24-33(40-42)37(4,5)6)39-36(44)38-31-9-7-8-29(22-31)21-28-14-16-41(17-15-28)35(43)23-30-19-26(2)18-27(3)20-30/h7-13,18-20,22,24,28H,14-17,21,23H2,1-6H3,(H2,38,39,44). The smallest absolute Gasteiger partial charge is 0.324 e. The lowest BCUT2D eigenvalue weighted by atomic mass is 9.90. The zero-order valence-electron chi connectivity index (χ0n) is 26.9. The molecule has 0 bridgehead atoms. The second-order valence-electron chi connectivity index (χ2n) is 13.4. The number of anilines is 2. The van der Waals surface area contributed by atoms with Crippen LogP contribution in [0.4, 0.5) is 16.3 Å². The van der Waals surface area contributed by atoms with Crippen LogP contribution in [0.15, 0.2) is 72.8 Å². The average molecular weight is 592 g/mol. The lowest BCUT2D eigenvalue weighted by Gasteiger charge is -2.32. The zero-order chi connectivity index (χ0) is 31.4. The molecule has 1 aliphatic rings. The van der Waals surface area contributed by atoms with Gasteiger partial charge < -0.3 is 10.2 Å². The van der Waals surface area contributed by atoms with E-state index in [2.05, 4.69) is 75.6 Å². The summed E-state index contributed by atoms with van der Waals surface area (Å²) in [4.78, 5) is 28.1. The van der Waals surface area contributed by atoms with Crippen LogP contribution in [0, 0.1) is 26.7 Å². The molecule has 3 amide bonds. The molecule has 1 saturated heterocycles. The van der Waals surface area contributed by atoms with Crippen molar-refractivity contribution in [3.63, 3.8) is 0 Å². The van der Waals surface area contributed by atoms with Crippen molar-refractivity contribution >= 4 is 23.4 Å². The maximum Gasteiger partial charge on any atom is 0.324 e. The van der Waals surface area contributed by atoms with Gasteiger partial charge in [0, 0.05) is 30.3 Å². The molecule has 3 aromatic carbocycles. The summed E-state index contributed by atoms with van der Waals surface area (Å²) in [5.41, 5.74) is 8.21. The number of piperidine rings is 1. The van der Waals surface area contributed by atoms with Crippen molar-refractivity contribution in [2.45, 2.75) is 72.6 Å². The summed E-state index contributed by atoms with van der Waals surface area (Å²) in [6.07, 6.45) is 3.35. The third kappa shape index (κ3) is 7.95. The number of amides is 3. The van der Waals surface area contributed by atoms with Crippen molar-refractivity contribution < 1.29 is 9.59 Å². The number of carbonyl (C=O) groups is 2. The van der Waals surface area contributed by atoms with Crippen molar-refractivity contribution in [3.05, 3.63) is 106 Å². The number of hydrogen-bond acceptors (Lipinski definition) is 3. The van der Waals surface area contributed by atoms with Gasteiger partial charge in [-0.2, -0.15) is 5.10 Å². The van der Waals surface area contributed by atoms with E-state index in [1.165, 1.54) is 16.7 Å². The Balaban J connectivity index is 1.17. The van der Waals surface area contributed by atoms with Crippen LogP contribution in [-0.2, 0) is 23.1 Å². The lowest BCUT2D eigenvalue weighted by Crippen LogP contribution is -2.39. The number of carbonyl (C=O) groups excluding carboxylic acids is 2. The third-order valence-corrected chi connectivity index (χ3v) is 8.31. The number of benzene rings is 3. The topological polar surface area (TPSA) is 79.3 Å². The molecule has 7 heteroatoms. The van der Waals surface area contributed by atoms with E-state index in [-0.39, 0.29) is 17.4 Å². The van der Waals surface area contributed by atoms with E-state index in [0.717, 1.165) is 60.5 Å². The molecule has 0 aliphatic carbocycles. The first-order valence-electron chi connectivity index (χ1n) is 15.6. The number of aromatic nitrogens is 2. The molecule has 4 aromatic rings. The first-order chi connectivity index (χ1) is 20.9. The van der Waals surface area contributed by atoms with Crippen LogP contribution in [0.3, 0.4) is 0 Å². The van der Waals surface area contributed by atoms with E-state index >= 15 is 0 Å². The van der Waals surface area contributed by atoms with Crippen LogP contribution in [0.1, 0.15) is 67.1 Å². The van der Waals surface area contributed by atoms with E-state index in [4.69, 9.17) is 5.10 Å². The molecule has 7 nitrogen and oxygen atoms in total. The monoisotopic (exact) mass is 591 g/mol. The van der Waals surface area contributed by atoms with Crippen LogP contribution in [0.2, 0.25) is 0 Å². The van der Waals surface area contributed by atoms with Crippen molar-refractivity contribution in [1.82, 2.24) is 14.7 Å². The Morgan fingerprint density at radius 1 is 0.818 bits per heavy atom. The molecule has 1 aromatic heterocycles. The first kappa shape index (κ1) is 31.0. The molecule has 2 heterocycles. The predicted octanol–water partition coefficient (Wildman–Crippen LogP) is 7.76. The van der Waals surface area contributed by atoms with Crippen molar-refractivity contribution in [1.29, 1.82) is 0 Å². The fraction of sp³-hybridized carbons (Fsp3) is 0.378. The highest BCUT2D eigenvalue weighted by molar-refractivity contribution is 5.99. The van der Waals surface area contributed by atoms with Crippen LogP contribution in [0.5, 0.6) is 0 Å². The molecule has 0 unspecified atom stereocenters. The van der Waals surface area contributed by atoms with Gasteiger partial charge in [-0.25, -0.2) is 9.48 Å². The number of nitrogens with one attached hydrogen (secondary N) is 2. The maximum absolute atomic E-state index is 13.1. The highest BCUT2D eigenvalue weighted by atomic mass is 16.2. The summed E-state index contributed by atoms with van der Waals surface area (Å²) in [5, 5.41) is 10.8. The van der Waals surface area contributed by atoms with E-state index < -0.39 is 0 Å². The quantitative estimate of drug-likeness (QED) is 0.231. The summed E-state index contributed by atoms with van der Waals surface area (Å²) >= 11 is 0. The Kier molecular flexibility index (Phi) is 9.23. The fourth-order valence-electron chi connectivity index (χ4n) is 5.95. The molecule has 0 radical (unpaired) electrons. The molecule has 1 fully saturated rings. The Morgan fingerprint density at radius 3 is 2.16 bits per heavy atom. The van der Waals surface area contributed by atoms with Gasteiger partial charge in [0.15, 0.2) is 0 Å². The average Bonchev–Trinajstić information content (AvgIpc) is 3.37. The van der Waals surface area contributed by atoms with E-state index in [9.17, 15) is 9.59 Å². The van der Waals surface area contributed by atoms with Gasteiger partial charge in [-0.1, -0.05) is 79.9 Å². The van der Waals surface area contributed by atoms with E-state index in [1.54, 1.807) is 4.68 Å². The molecule has 0 atom stereocenters. The van der Waals surface area contributed by atoms with Crippen LogP contribution < -0.4 is 10.6 Å². The minimum atomic E-state index is -0.313. The molecular weight excluding hydrogens is 546 g/mol. The SMILES string of the molecule is Cc1ccc(-n2nc(C(C)(C)C)cc2NC(=O)Nc2cccc(CC3CCN(C(=O)Cc4cc(C)cc(C)c4)CC3)c2)cc1. The van der Waals surface area contributed by atoms with Gasteiger partial charge in [-0.3, -0.25) is 10.1 Å². The van der Waals surface area contributed by atoms with Gasteiger partial charge in [-0.15, -0.1) is 0 Å². The molecule has 2 N–H and O–H groups in total. The second-order valence-corrected chi connectivity index (χ2v) is 13.4. The first-order valence-corrected chi connectivity index (χ1v) is 15.6. The zero-order valence-corrected chi connectivity index (χ0v) is 26.9. The van der Waals surface area contributed by atoms with Crippen molar-refractivity contribution in [3.8, 4) is 5.69 Å². The Hall–Kier alpha value is -4.39. The highest BCUT2D eigenvalue weighted by Crippen LogP contribution is 2.27. The van der Waals surface area contributed by atoms with Crippen molar-refractivity contribution in [2.24, 2.45) is 5.92 Å². The van der Waals surface area contributed by atoms with Crippen LogP contribution in [0.25, 0.3) is 5.69 Å².